The molecule has 0 aliphatic heterocycles. The summed E-state index contributed by atoms with van der Waals surface area (Å²) in [5, 5.41) is 3.28. The van der Waals surface area contributed by atoms with Gasteiger partial charge in [-0.3, -0.25) is 14.9 Å². The average molecular weight is 330 g/mol. The van der Waals surface area contributed by atoms with E-state index in [1.165, 1.54) is 6.20 Å². The Morgan fingerprint density at radius 2 is 2.22 bits per heavy atom. The number of anilines is 1. The monoisotopic (exact) mass is 329 g/mol. The van der Waals surface area contributed by atoms with Crippen molar-refractivity contribution in [2.75, 3.05) is 5.32 Å². The van der Waals surface area contributed by atoms with Gasteiger partial charge in [0.05, 0.1) is 11.3 Å². The summed E-state index contributed by atoms with van der Waals surface area (Å²) < 4.78 is 0. The summed E-state index contributed by atoms with van der Waals surface area (Å²) in [6, 6.07) is 7.54. The van der Waals surface area contributed by atoms with E-state index in [0.29, 0.717) is 35.5 Å². The molecule has 1 N–H and O–H groups in total. The van der Waals surface area contributed by atoms with E-state index in [-0.39, 0.29) is 23.6 Å². The molecule has 1 heterocycles. The molecular formula is C17H16ClN3O2. The number of ketones is 1. The van der Waals surface area contributed by atoms with E-state index in [0.717, 1.165) is 5.56 Å². The number of nitrogens with one attached hydrogen (secondary N) is 1. The molecule has 1 amide bonds. The maximum Gasteiger partial charge on any atom is 0.229 e. The Morgan fingerprint density at radius 1 is 1.39 bits per heavy atom. The summed E-state index contributed by atoms with van der Waals surface area (Å²) in [5.41, 5.74) is 2.24. The van der Waals surface area contributed by atoms with Gasteiger partial charge in [0.1, 0.15) is 0 Å². The van der Waals surface area contributed by atoms with E-state index in [9.17, 15) is 9.59 Å². The number of fused-ring (bicyclic) bond motifs is 1. The van der Waals surface area contributed by atoms with Crippen LogP contribution in [0.4, 0.5) is 5.95 Å². The highest BCUT2D eigenvalue weighted by Crippen LogP contribution is 2.32. The van der Waals surface area contributed by atoms with E-state index in [2.05, 4.69) is 15.3 Å². The number of carbonyl (C=O) groups excluding carboxylic acids is 2. The van der Waals surface area contributed by atoms with Crippen LogP contribution < -0.4 is 5.32 Å². The Hall–Kier alpha value is -2.27. The number of nitrogens with zero attached hydrogens (tertiary/aromatic N) is 2. The summed E-state index contributed by atoms with van der Waals surface area (Å²) in [6.45, 7) is 1.76. The summed E-state index contributed by atoms with van der Waals surface area (Å²) in [4.78, 5) is 32.2. The number of hydrogen-bond donors (Lipinski definition) is 1. The number of hydrogen-bond acceptors (Lipinski definition) is 4. The van der Waals surface area contributed by atoms with Crippen LogP contribution in [0.25, 0.3) is 0 Å². The highest BCUT2D eigenvalue weighted by atomic mass is 35.5. The van der Waals surface area contributed by atoms with Gasteiger partial charge in [0.25, 0.3) is 0 Å². The zero-order valence-electron chi connectivity index (χ0n) is 12.7. The zero-order chi connectivity index (χ0) is 16.4. The molecule has 1 aromatic heterocycles. The minimum atomic E-state index is -0.154. The molecule has 118 valence electrons. The van der Waals surface area contributed by atoms with Crippen LogP contribution in [0.1, 0.15) is 47.3 Å². The first-order chi connectivity index (χ1) is 11.1. The maximum atomic E-state index is 12.3. The fourth-order valence-electron chi connectivity index (χ4n) is 2.71. The summed E-state index contributed by atoms with van der Waals surface area (Å²) in [6.07, 6.45) is 2.89. The summed E-state index contributed by atoms with van der Waals surface area (Å²) in [7, 11) is 0. The zero-order valence-corrected chi connectivity index (χ0v) is 13.4. The number of carbonyl (C=O) groups is 2. The molecule has 1 aromatic carbocycles. The van der Waals surface area contributed by atoms with Crippen LogP contribution in [-0.4, -0.2) is 21.7 Å². The number of amides is 1. The molecule has 0 unspecified atom stereocenters. The van der Waals surface area contributed by atoms with E-state index in [4.69, 9.17) is 11.6 Å². The smallest absolute Gasteiger partial charge is 0.229 e. The van der Waals surface area contributed by atoms with Crippen molar-refractivity contribution >= 4 is 29.2 Å². The molecule has 0 saturated carbocycles. The van der Waals surface area contributed by atoms with Crippen LogP contribution in [0.5, 0.6) is 0 Å². The third-order valence-corrected chi connectivity index (χ3v) is 4.17. The fourth-order valence-corrected chi connectivity index (χ4v) is 2.91. The van der Waals surface area contributed by atoms with Crippen molar-refractivity contribution in [3.05, 3.63) is 52.3 Å². The summed E-state index contributed by atoms with van der Waals surface area (Å²) >= 11 is 6.04. The molecule has 1 aliphatic rings. The lowest BCUT2D eigenvalue weighted by Crippen LogP contribution is -2.22. The van der Waals surface area contributed by atoms with Crippen molar-refractivity contribution in [2.24, 2.45) is 0 Å². The molecule has 3 rings (SSSR count). The Morgan fingerprint density at radius 3 is 2.96 bits per heavy atom. The van der Waals surface area contributed by atoms with Gasteiger partial charge in [0, 0.05) is 24.1 Å². The highest BCUT2D eigenvalue weighted by molar-refractivity contribution is 6.30. The Balaban J connectivity index is 1.89. The van der Waals surface area contributed by atoms with E-state index < -0.39 is 0 Å². The van der Waals surface area contributed by atoms with Crippen molar-refractivity contribution in [3.8, 4) is 0 Å². The van der Waals surface area contributed by atoms with Crippen LogP contribution in [0.3, 0.4) is 0 Å². The number of rotatable bonds is 3. The largest absolute Gasteiger partial charge is 0.295 e. The van der Waals surface area contributed by atoms with Gasteiger partial charge in [-0.2, -0.15) is 0 Å². The number of halogens is 1. The van der Waals surface area contributed by atoms with Gasteiger partial charge in [-0.25, -0.2) is 9.97 Å². The third kappa shape index (κ3) is 3.40. The molecule has 5 nitrogen and oxygen atoms in total. The molecule has 0 bridgehead atoms. The van der Waals surface area contributed by atoms with Gasteiger partial charge in [0.2, 0.25) is 11.9 Å². The number of Topliss-reactive ketones (excluding diaryl/α,β-unsaturated/α-hetero) is 1. The lowest BCUT2D eigenvalue weighted by atomic mass is 9.82. The predicted octanol–water partition coefficient (Wildman–Crippen LogP) is 3.39. The lowest BCUT2D eigenvalue weighted by Gasteiger charge is -2.23. The molecule has 0 saturated heterocycles. The topological polar surface area (TPSA) is 72.0 Å². The lowest BCUT2D eigenvalue weighted by molar-refractivity contribution is -0.115. The van der Waals surface area contributed by atoms with E-state index in [1.807, 2.05) is 24.3 Å². The van der Waals surface area contributed by atoms with Crippen LogP contribution in [0, 0.1) is 0 Å². The second-order valence-electron chi connectivity index (χ2n) is 5.54. The Labute approximate surface area is 139 Å². The second-order valence-corrected chi connectivity index (χ2v) is 5.98. The maximum absolute atomic E-state index is 12.3. The molecule has 6 heteroatoms. The quantitative estimate of drug-likeness (QED) is 0.936. The normalized spacial score (nSPS) is 16.8. The number of benzene rings is 1. The molecule has 0 radical (unpaired) electrons. The van der Waals surface area contributed by atoms with Crippen LogP contribution in [0.15, 0.2) is 30.5 Å². The van der Waals surface area contributed by atoms with Crippen molar-refractivity contribution in [2.45, 2.75) is 32.1 Å². The van der Waals surface area contributed by atoms with Gasteiger partial charge in [-0.05, 0) is 30.0 Å². The molecule has 0 spiro atoms. The van der Waals surface area contributed by atoms with Crippen molar-refractivity contribution in [3.63, 3.8) is 0 Å². The second kappa shape index (κ2) is 6.46. The van der Waals surface area contributed by atoms with Crippen LogP contribution in [0.2, 0.25) is 5.02 Å². The van der Waals surface area contributed by atoms with Crippen LogP contribution in [-0.2, 0) is 11.2 Å². The van der Waals surface area contributed by atoms with Crippen molar-refractivity contribution < 1.29 is 9.59 Å². The standard InChI is InChI=1S/C17H16ClN3O2/c1-2-16(23)21-17-19-9-13-14(20-17)7-11(8-15(13)22)10-4-3-5-12(18)6-10/h3-6,9,11H,2,7-8H2,1H3,(H,19,20,21,23)/t11-/m1/s1. The first-order valence-electron chi connectivity index (χ1n) is 7.51. The van der Waals surface area contributed by atoms with Gasteiger partial charge in [0.15, 0.2) is 5.78 Å². The predicted molar refractivity (Wildman–Crippen MR) is 87.8 cm³/mol. The number of aromatic nitrogens is 2. The molecule has 1 atom stereocenters. The molecule has 2 aromatic rings. The van der Waals surface area contributed by atoms with Crippen molar-refractivity contribution in [1.82, 2.24) is 9.97 Å². The first-order valence-corrected chi connectivity index (χ1v) is 7.89. The van der Waals surface area contributed by atoms with E-state index >= 15 is 0 Å². The highest BCUT2D eigenvalue weighted by Gasteiger charge is 2.28. The molecule has 23 heavy (non-hydrogen) atoms. The van der Waals surface area contributed by atoms with E-state index in [1.54, 1.807) is 6.92 Å². The van der Waals surface area contributed by atoms with Crippen LogP contribution >= 0.6 is 11.6 Å². The Kier molecular flexibility index (Phi) is 4.39. The van der Waals surface area contributed by atoms with Gasteiger partial charge in [-0.1, -0.05) is 30.7 Å². The van der Waals surface area contributed by atoms with Gasteiger partial charge < -0.3 is 0 Å². The third-order valence-electron chi connectivity index (χ3n) is 3.93. The molecule has 0 fully saturated rings. The first kappa shape index (κ1) is 15.6. The molecule has 1 aliphatic carbocycles. The minimum absolute atomic E-state index is 0.0181. The SMILES string of the molecule is CCC(=O)Nc1ncc2c(n1)C[C@@H](c1cccc(Cl)c1)CC2=O. The molecular weight excluding hydrogens is 314 g/mol. The van der Waals surface area contributed by atoms with Gasteiger partial charge in [-0.15, -0.1) is 0 Å². The Bertz CT molecular complexity index is 776. The fraction of sp³-hybridized carbons (Fsp3) is 0.294. The summed E-state index contributed by atoms with van der Waals surface area (Å²) in [5.74, 6) is 0.150. The van der Waals surface area contributed by atoms with Gasteiger partial charge >= 0.3 is 0 Å². The average Bonchev–Trinajstić information content (AvgIpc) is 2.54. The van der Waals surface area contributed by atoms with Crippen molar-refractivity contribution in [1.29, 1.82) is 0 Å². The minimum Gasteiger partial charge on any atom is -0.295 e.